The second-order valence-corrected chi connectivity index (χ2v) is 5.59. The highest BCUT2D eigenvalue weighted by atomic mass is 16.2. The third-order valence-electron chi connectivity index (χ3n) is 4.22. The van der Waals surface area contributed by atoms with Crippen LogP contribution in [0, 0.1) is 0 Å². The number of piperidine rings is 1. The topological polar surface area (TPSA) is 48.5 Å². The van der Waals surface area contributed by atoms with E-state index in [0.717, 1.165) is 51.0 Å². The molecule has 2 fully saturated rings. The van der Waals surface area contributed by atoms with Crippen molar-refractivity contribution >= 4 is 6.03 Å². The van der Waals surface area contributed by atoms with E-state index in [1.807, 2.05) is 17.0 Å². The molecule has 0 atom stereocenters. The van der Waals surface area contributed by atoms with Gasteiger partial charge in [-0.2, -0.15) is 0 Å². The predicted octanol–water partition coefficient (Wildman–Crippen LogP) is 1.46. The van der Waals surface area contributed by atoms with Crippen molar-refractivity contribution in [2.24, 2.45) is 0 Å². The Bertz CT molecular complexity index is 444. The Balaban J connectivity index is 1.65. The molecule has 1 N–H and O–H groups in total. The average Bonchev–Trinajstić information content (AvgIpc) is 2.51. The summed E-state index contributed by atoms with van der Waals surface area (Å²) >= 11 is 0. The smallest absolute Gasteiger partial charge is 0.320 e. The van der Waals surface area contributed by atoms with Crippen LogP contribution >= 0.6 is 0 Å². The zero-order chi connectivity index (χ0) is 13.8. The fraction of sp³-hybridized carbons (Fsp3) is 0.600. The predicted molar refractivity (Wildman–Crippen MR) is 77.3 cm³/mol. The lowest BCUT2D eigenvalue weighted by molar-refractivity contribution is 0.0953. The SMILES string of the molecule is O=C1N(Cc2ccncc2)CCCN1C1CCNCC1. The van der Waals surface area contributed by atoms with Gasteiger partial charge in [0.05, 0.1) is 0 Å². The van der Waals surface area contributed by atoms with Gasteiger partial charge in [0.1, 0.15) is 0 Å². The molecule has 2 saturated heterocycles. The number of amides is 2. The molecule has 1 aromatic rings. The second kappa shape index (κ2) is 6.22. The van der Waals surface area contributed by atoms with E-state index in [2.05, 4.69) is 15.2 Å². The van der Waals surface area contributed by atoms with Gasteiger partial charge in [-0.15, -0.1) is 0 Å². The number of carbonyl (C=O) groups excluding carboxylic acids is 1. The summed E-state index contributed by atoms with van der Waals surface area (Å²) in [6.45, 7) is 4.53. The minimum atomic E-state index is 0.208. The molecule has 0 radical (unpaired) electrons. The first-order valence-corrected chi connectivity index (χ1v) is 7.50. The molecule has 2 aliphatic rings. The summed E-state index contributed by atoms with van der Waals surface area (Å²) in [6, 6.07) is 4.59. The van der Waals surface area contributed by atoms with Crippen LogP contribution < -0.4 is 5.32 Å². The molecule has 3 rings (SSSR count). The minimum absolute atomic E-state index is 0.208. The highest BCUT2D eigenvalue weighted by molar-refractivity contribution is 5.75. The molecule has 20 heavy (non-hydrogen) atoms. The van der Waals surface area contributed by atoms with E-state index in [-0.39, 0.29) is 6.03 Å². The highest BCUT2D eigenvalue weighted by Crippen LogP contribution is 2.20. The monoisotopic (exact) mass is 274 g/mol. The van der Waals surface area contributed by atoms with Crippen molar-refractivity contribution in [1.82, 2.24) is 20.1 Å². The molecule has 108 valence electrons. The maximum Gasteiger partial charge on any atom is 0.320 e. The quantitative estimate of drug-likeness (QED) is 0.908. The molecular weight excluding hydrogens is 252 g/mol. The zero-order valence-corrected chi connectivity index (χ0v) is 11.8. The Morgan fingerprint density at radius 2 is 1.95 bits per heavy atom. The molecule has 0 saturated carbocycles. The number of hydrogen-bond donors (Lipinski definition) is 1. The summed E-state index contributed by atoms with van der Waals surface area (Å²) in [5, 5.41) is 3.36. The summed E-state index contributed by atoms with van der Waals surface area (Å²) in [5.74, 6) is 0. The standard InChI is InChI=1S/C15H22N4O/c20-15-18(12-13-2-6-16-7-3-13)10-1-11-19(15)14-4-8-17-9-5-14/h2-3,6-7,14,17H,1,4-5,8-12H2. The summed E-state index contributed by atoms with van der Waals surface area (Å²) < 4.78 is 0. The van der Waals surface area contributed by atoms with Crippen LogP contribution in [0.1, 0.15) is 24.8 Å². The third-order valence-corrected chi connectivity index (χ3v) is 4.22. The van der Waals surface area contributed by atoms with E-state index in [1.54, 1.807) is 12.4 Å². The van der Waals surface area contributed by atoms with Crippen molar-refractivity contribution in [3.05, 3.63) is 30.1 Å². The van der Waals surface area contributed by atoms with Crippen LogP contribution in [0.4, 0.5) is 4.79 Å². The van der Waals surface area contributed by atoms with Gasteiger partial charge in [-0.1, -0.05) is 0 Å². The maximum atomic E-state index is 12.6. The van der Waals surface area contributed by atoms with Crippen LogP contribution in [-0.2, 0) is 6.54 Å². The van der Waals surface area contributed by atoms with Gasteiger partial charge in [0.2, 0.25) is 0 Å². The lowest BCUT2D eigenvalue weighted by Gasteiger charge is -2.41. The zero-order valence-electron chi connectivity index (χ0n) is 11.8. The normalized spacial score (nSPS) is 21.3. The summed E-state index contributed by atoms with van der Waals surface area (Å²) in [7, 11) is 0. The Kier molecular flexibility index (Phi) is 4.16. The maximum absolute atomic E-state index is 12.6. The second-order valence-electron chi connectivity index (χ2n) is 5.59. The first-order chi connectivity index (χ1) is 9.84. The third kappa shape index (κ3) is 2.93. The fourth-order valence-electron chi connectivity index (χ4n) is 3.12. The van der Waals surface area contributed by atoms with Gasteiger partial charge < -0.3 is 15.1 Å². The first-order valence-electron chi connectivity index (χ1n) is 7.50. The van der Waals surface area contributed by atoms with E-state index in [9.17, 15) is 4.79 Å². The van der Waals surface area contributed by atoms with Crippen molar-refractivity contribution in [1.29, 1.82) is 0 Å². The van der Waals surface area contributed by atoms with Gasteiger partial charge in [0, 0.05) is 38.1 Å². The van der Waals surface area contributed by atoms with Gasteiger partial charge in [0.15, 0.2) is 0 Å². The number of hydrogen-bond acceptors (Lipinski definition) is 3. The Morgan fingerprint density at radius 1 is 1.20 bits per heavy atom. The van der Waals surface area contributed by atoms with Crippen LogP contribution in [0.15, 0.2) is 24.5 Å². The molecule has 0 spiro atoms. The Labute approximate surface area is 120 Å². The van der Waals surface area contributed by atoms with Crippen LogP contribution in [0.25, 0.3) is 0 Å². The molecule has 2 amide bonds. The Morgan fingerprint density at radius 3 is 2.70 bits per heavy atom. The first kappa shape index (κ1) is 13.4. The van der Waals surface area contributed by atoms with E-state index >= 15 is 0 Å². The summed E-state index contributed by atoms with van der Waals surface area (Å²) in [5.41, 5.74) is 1.15. The van der Waals surface area contributed by atoms with Crippen molar-refractivity contribution < 1.29 is 4.79 Å². The van der Waals surface area contributed by atoms with Crippen LogP contribution in [0.2, 0.25) is 0 Å². The van der Waals surface area contributed by atoms with Gasteiger partial charge in [-0.25, -0.2) is 4.79 Å². The van der Waals surface area contributed by atoms with Crippen LogP contribution in [-0.4, -0.2) is 53.0 Å². The Hall–Kier alpha value is -1.62. The lowest BCUT2D eigenvalue weighted by Crippen LogP contribution is -2.55. The van der Waals surface area contributed by atoms with Gasteiger partial charge in [-0.05, 0) is 50.0 Å². The number of carbonyl (C=O) groups is 1. The van der Waals surface area contributed by atoms with E-state index in [1.165, 1.54) is 0 Å². The van der Waals surface area contributed by atoms with Gasteiger partial charge in [-0.3, -0.25) is 4.98 Å². The van der Waals surface area contributed by atoms with Crippen LogP contribution in [0.5, 0.6) is 0 Å². The molecule has 0 bridgehead atoms. The summed E-state index contributed by atoms with van der Waals surface area (Å²) in [4.78, 5) is 20.7. The lowest BCUT2D eigenvalue weighted by atomic mass is 10.0. The van der Waals surface area contributed by atoms with Crippen molar-refractivity contribution in [3.8, 4) is 0 Å². The van der Waals surface area contributed by atoms with Crippen molar-refractivity contribution in [2.45, 2.75) is 31.8 Å². The molecule has 0 unspecified atom stereocenters. The molecule has 1 aromatic heterocycles. The minimum Gasteiger partial charge on any atom is -0.321 e. The average molecular weight is 274 g/mol. The molecule has 2 aliphatic heterocycles. The summed E-state index contributed by atoms with van der Waals surface area (Å²) in [6.07, 6.45) is 6.80. The number of nitrogens with zero attached hydrogens (tertiary/aromatic N) is 3. The number of aromatic nitrogens is 1. The molecule has 0 aliphatic carbocycles. The van der Waals surface area contributed by atoms with Crippen molar-refractivity contribution in [2.75, 3.05) is 26.2 Å². The van der Waals surface area contributed by atoms with E-state index < -0.39 is 0 Å². The number of nitrogens with one attached hydrogen (secondary N) is 1. The largest absolute Gasteiger partial charge is 0.321 e. The van der Waals surface area contributed by atoms with Crippen LogP contribution in [0.3, 0.4) is 0 Å². The molecule has 5 nitrogen and oxygen atoms in total. The van der Waals surface area contributed by atoms with Gasteiger partial charge >= 0.3 is 6.03 Å². The number of rotatable bonds is 3. The van der Waals surface area contributed by atoms with E-state index in [4.69, 9.17) is 0 Å². The molecule has 3 heterocycles. The number of pyridine rings is 1. The number of urea groups is 1. The van der Waals surface area contributed by atoms with E-state index in [0.29, 0.717) is 12.6 Å². The highest BCUT2D eigenvalue weighted by Gasteiger charge is 2.31. The molecular formula is C15H22N4O. The van der Waals surface area contributed by atoms with Gasteiger partial charge in [0.25, 0.3) is 0 Å². The molecule has 0 aromatic carbocycles. The molecule has 5 heteroatoms. The van der Waals surface area contributed by atoms with Crippen molar-refractivity contribution in [3.63, 3.8) is 0 Å². The fourth-order valence-corrected chi connectivity index (χ4v) is 3.12.